The van der Waals surface area contributed by atoms with E-state index in [1.54, 1.807) is 18.2 Å². The fraction of sp³-hybridized carbons (Fsp3) is 0.250. The number of nitrogens with one attached hydrogen (secondary N) is 1. The molecule has 0 fully saturated rings. The van der Waals surface area contributed by atoms with Gasteiger partial charge in [-0.2, -0.15) is 13.2 Å². The molecule has 0 aliphatic rings. The molecule has 0 saturated carbocycles. The first-order valence-electron chi connectivity index (χ1n) is 5.99. The minimum Gasteiger partial charge on any atom is -0.366 e. The second-order valence-electron chi connectivity index (χ2n) is 4.20. The van der Waals surface area contributed by atoms with Crippen LogP contribution in [0.5, 0.6) is 0 Å². The van der Waals surface area contributed by atoms with Gasteiger partial charge in [0.1, 0.15) is 6.54 Å². The number of carbonyl (C=O) groups excluding carboxylic acids is 1. The summed E-state index contributed by atoms with van der Waals surface area (Å²) in [6.07, 6.45) is -4.30. The lowest BCUT2D eigenvalue weighted by Gasteiger charge is -2.05. The van der Waals surface area contributed by atoms with Gasteiger partial charge in [-0.15, -0.1) is 10.2 Å². The third kappa shape index (κ3) is 5.19. The lowest BCUT2D eigenvalue weighted by Crippen LogP contribution is -2.21. The topological polar surface area (TPSA) is 80.9 Å². The summed E-state index contributed by atoms with van der Waals surface area (Å²) in [5, 5.41) is 9.73. The van der Waals surface area contributed by atoms with Gasteiger partial charge in [-0.1, -0.05) is 35.2 Å². The maximum atomic E-state index is 12.1. The zero-order valence-electron chi connectivity index (χ0n) is 11.1. The first kappa shape index (κ1) is 16.6. The number of anilines is 1. The summed E-state index contributed by atoms with van der Waals surface area (Å²) in [6, 6.07) is 6.81. The van der Waals surface area contributed by atoms with E-state index in [-0.39, 0.29) is 5.13 Å². The minimum absolute atomic E-state index is 0.116. The highest BCUT2D eigenvalue weighted by molar-refractivity contribution is 8.00. The van der Waals surface area contributed by atoms with Crippen LogP contribution in [0.1, 0.15) is 15.9 Å². The summed E-state index contributed by atoms with van der Waals surface area (Å²) in [5.74, 6) is -0.00364. The van der Waals surface area contributed by atoms with Crippen molar-refractivity contribution in [1.82, 2.24) is 10.2 Å². The van der Waals surface area contributed by atoms with Gasteiger partial charge in [-0.3, -0.25) is 4.79 Å². The number of benzene rings is 1. The van der Waals surface area contributed by atoms with Gasteiger partial charge in [0.2, 0.25) is 11.0 Å². The number of aromatic nitrogens is 2. The Morgan fingerprint density at radius 1 is 1.36 bits per heavy atom. The minimum atomic E-state index is -4.30. The number of rotatable bonds is 6. The van der Waals surface area contributed by atoms with Gasteiger partial charge in [0.05, 0.1) is 0 Å². The molecule has 1 amide bonds. The Bertz CT molecular complexity index is 660. The standard InChI is InChI=1S/C12H11F3N4OS2/c13-12(14,15)6-17-10-18-19-11(22-10)21-5-7-2-1-3-8(4-7)9(16)20/h1-4H,5-6H2,(H2,16,20)(H,17,18). The number of alkyl halides is 3. The molecule has 0 aliphatic heterocycles. The highest BCUT2D eigenvalue weighted by Gasteiger charge is 2.27. The van der Waals surface area contributed by atoms with Crippen molar-refractivity contribution in [2.75, 3.05) is 11.9 Å². The monoisotopic (exact) mass is 348 g/mol. The van der Waals surface area contributed by atoms with Crippen molar-refractivity contribution < 1.29 is 18.0 Å². The van der Waals surface area contributed by atoms with Crippen LogP contribution in [0.2, 0.25) is 0 Å². The van der Waals surface area contributed by atoms with Crippen molar-refractivity contribution in [1.29, 1.82) is 0 Å². The quantitative estimate of drug-likeness (QED) is 0.785. The molecule has 2 aromatic rings. The summed E-state index contributed by atoms with van der Waals surface area (Å²) in [6.45, 7) is -1.15. The lowest BCUT2D eigenvalue weighted by molar-refractivity contribution is -0.115. The van der Waals surface area contributed by atoms with Gasteiger partial charge in [0.15, 0.2) is 4.34 Å². The summed E-state index contributed by atoms with van der Waals surface area (Å²) >= 11 is 2.36. The number of halogens is 3. The molecule has 0 aliphatic carbocycles. The van der Waals surface area contributed by atoms with E-state index in [1.165, 1.54) is 11.8 Å². The van der Waals surface area contributed by atoms with E-state index < -0.39 is 18.6 Å². The van der Waals surface area contributed by atoms with Crippen LogP contribution in [0.3, 0.4) is 0 Å². The molecule has 0 unspecified atom stereocenters. The van der Waals surface area contributed by atoms with Crippen LogP contribution in [0.25, 0.3) is 0 Å². The average Bonchev–Trinajstić information content (AvgIpc) is 2.90. The zero-order chi connectivity index (χ0) is 16.2. The lowest BCUT2D eigenvalue weighted by atomic mass is 10.1. The second kappa shape index (κ2) is 6.97. The SMILES string of the molecule is NC(=O)c1cccc(CSc2nnc(NCC(F)(F)F)s2)c1. The third-order valence-electron chi connectivity index (χ3n) is 2.42. The predicted octanol–water partition coefficient (Wildman–Crippen LogP) is 2.90. The van der Waals surface area contributed by atoms with Crippen LogP contribution in [0.15, 0.2) is 28.6 Å². The van der Waals surface area contributed by atoms with Crippen molar-refractivity contribution in [3.8, 4) is 0 Å². The Morgan fingerprint density at radius 3 is 2.82 bits per heavy atom. The number of hydrogen-bond donors (Lipinski definition) is 2. The highest BCUT2D eigenvalue weighted by Crippen LogP contribution is 2.29. The Kier molecular flexibility index (Phi) is 5.24. The van der Waals surface area contributed by atoms with E-state index in [4.69, 9.17) is 5.73 Å². The molecule has 0 spiro atoms. The van der Waals surface area contributed by atoms with Crippen molar-refractivity contribution in [3.05, 3.63) is 35.4 Å². The van der Waals surface area contributed by atoms with Crippen LogP contribution in [-0.4, -0.2) is 28.8 Å². The molecule has 2 rings (SSSR count). The fourth-order valence-electron chi connectivity index (χ4n) is 1.47. The number of nitrogens with zero attached hydrogens (tertiary/aromatic N) is 2. The molecule has 0 radical (unpaired) electrons. The normalized spacial score (nSPS) is 11.4. The van der Waals surface area contributed by atoms with E-state index in [2.05, 4.69) is 15.5 Å². The molecular weight excluding hydrogens is 337 g/mol. The van der Waals surface area contributed by atoms with Crippen molar-refractivity contribution in [2.24, 2.45) is 5.73 Å². The number of primary amides is 1. The number of thioether (sulfide) groups is 1. The van der Waals surface area contributed by atoms with E-state index in [0.29, 0.717) is 15.7 Å². The number of amides is 1. The molecule has 1 aromatic carbocycles. The largest absolute Gasteiger partial charge is 0.405 e. The molecule has 0 atom stereocenters. The molecule has 118 valence electrons. The molecule has 1 heterocycles. The van der Waals surface area contributed by atoms with Crippen LogP contribution < -0.4 is 11.1 Å². The van der Waals surface area contributed by atoms with Gasteiger partial charge in [0.25, 0.3) is 0 Å². The molecule has 0 bridgehead atoms. The maximum Gasteiger partial charge on any atom is 0.405 e. The maximum absolute atomic E-state index is 12.1. The molecule has 10 heteroatoms. The van der Waals surface area contributed by atoms with Crippen LogP contribution in [0, 0.1) is 0 Å². The summed E-state index contributed by atoms with van der Waals surface area (Å²) in [4.78, 5) is 11.1. The average molecular weight is 348 g/mol. The molecule has 0 saturated heterocycles. The summed E-state index contributed by atoms with van der Waals surface area (Å²) < 4.78 is 36.8. The van der Waals surface area contributed by atoms with Gasteiger partial charge in [-0.05, 0) is 17.7 Å². The fourth-order valence-corrected chi connectivity index (χ4v) is 3.17. The third-order valence-corrected chi connectivity index (χ3v) is 4.51. The Hall–Kier alpha value is -1.81. The number of carbonyl (C=O) groups is 1. The predicted molar refractivity (Wildman–Crippen MR) is 79.0 cm³/mol. The van der Waals surface area contributed by atoms with E-state index in [9.17, 15) is 18.0 Å². The summed E-state index contributed by atoms with van der Waals surface area (Å²) in [7, 11) is 0. The first-order chi connectivity index (χ1) is 10.3. The number of nitrogens with two attached hydrogens (primary N) is 1. The van der Waals surface area contributed by atoms with Gasteiger partial charge >= 0.3 is 6.18 Å². The summed E-state index contributed by atoms with van der Waals surface area (Å²) in [5.41, 5.74) is 6.46. The number of hydrogen-bond acceptors (Lipinski definition) is 6. The van der Waals surface area contributed by atoms with Gasteiger partial charge < -0.3 is 11.1 Å². The van der Waals surface area contributed by atoms with E-state index in [1.807, 2.05) is 6.07 Å². The van der Waals surface area contributed by atoms with E-state index in [0.717, 1.165) is 16.9 Å². The van der Waals surface area contributed by atoms with Crippen molar-refractivity contribution in [3.63, 3.8) is 0 Å². The van der Waals surface area contributed by atoms with Crippen LogP contribution >= 0.6 is 23.1 Å². The van der Waals surface area contributed by atoms with Crippen molar-refractivity contribution in [2.45, 2.75) is 16.3 Å². The molecule has 22 heavy (non-hydrogen) atoms. The zero-order valence-corrected chi connectivity index (χ0v) is 12.7. The van der Waals surface area contributed by atoms with Gasteiger partial charge in [-0.25, -0.2) is 0 Å². The van der Waals surface area contributed by atoms with E-state index >= 15 is 0 Å². The van der Waals surface area contributed by atoms with Gasteiger partial charge in [0, 0.05) is 11.3 Å². The molecule has 1 aromatic heterocycles. The molecular formula is C12H11F3N4OS2. The Balaban J connectivity index is 1.91. The highest BCUT2D eigenvalue weighted by atomic mass is 32.2. The van der Waals surface area contributed by atoms with Crippen LogP contribution in [0.4, 0.5) is 18.3 Å². The van der Waals surface area contributed by atoms with Crippen molar-refractivity contribution >= 4 is 34.1 Å². The Labute approximate surface area is 132 Å². The smallest absolute Gasteiger partial charge is 0.366 e. The molecule has 3 N–H and O–H groups in total. The first-order valence-corrected chi connectivity index (χ1v) is 7.79. The molecule has 5 nitrogen and oxygen atoms in total. The van der Waals surface area contributed by atoms with Crippen LogP contribution in [-0.2, 0) is 5.75 Å². The Morgan fingerprint density at radius 2 is 2.14 bits per heavy atom. The second-order valence-corrected chi connectivity index (χ2v) is 6.40.